The fourth-order valence-corrected chi connectivity index (χ4v) is 5.04. The van der Waals surface area contributed by atoms with E-state index in [9.17, 15) is 4.57 Å². The van der Waals surface area contributed by atoms with Gasteiger partial charge in [-0.3, -0.25) is 0 Å². The summed E-state index contributed by atoms with van der Waals surface area (Å²) in [6, 6.07) is 15.3. The molecule has 0 aromatic heterocycles. The van der Waals surface area contributed by atoms with Crippen molar-refractivity contribution >= 4 is 7.82 Å². The van der Waals surface area contributed by atoms with Crippen LogP contribution in [0.5, 0.6) is 17.2 Å². The molecule has 0 saturated heterocycles. The number of phosphoric acid groups is 1. The van der Waals surface area contributed by atoms with E-state index in [0.29, 0.717) is 17.2 Å². The van der Waals surface area contributed by atoms with Crippen LogP contribution in [0.25, 0.3) is 0 Å². The smallest absolute Gasteiger partial charge is 0.386 e. The molecule has 5 heteroatoms. The van der Waals surface area contributed by atoms with Crippen LogP contribution in [-0.4, -0.2) is 0 Å². The summed E-state index contributed by atoms with van der Waals surface area (Å²) in [6.45, 7) is 13.7. The molecule has 0 bridgehead atoms. The molecule has 0 fully saturated rings. The van der Waals surface area contributed by atoms with Crippen molar-refractivity contribution in [3.05, 3.63) is 87.5 Å². The highest BCUT2D eigenvalue weighted by molar-refractivity contribution is 7.49. The number of rotatable bonds is 6. The van der Waals surface area contributed by atoms with E-state index in [1.54, 1.807) is 12.1 Å². The van der Waals surface area contributed by atoms with Crippen molar-refractivity contribution in [2.75, 3.05) is 0 Å². The first-order valence-electron chi connectivity index (χ1n) is 9.97. The van der Waals surface area contributed by atoms with E-state index in [2.05, 4.69) is 0 Å². The first kappa shape index (κ1) is 22.0. The fraction of sp³-hybridized carbons (Fsp3) is 0.280. The molecule has 158 valence electrons. The van der Waals surface area contributed by atoms with E-state index in [0.717, 1.165) is 38.9 Å². The van der Waals surface area contributed by atoms with Gasteiger partial charge in [0.1, 0.15) is 17.2 Å². The van der Waals surface area contributed by atoms with Gasteiger partial charge in [0.25, 0.3) is 0 Å². The maximum absolute atomic E-state index is 13.9. The average Bonchev–Trinajstić information content (AvgIpc) is 2.63. The molecule has 3 aromatic carbocycles. The van der Waals surface area contributed by atoms with E-state index >= 15 is 0 Å². The largest absolute Gasteiger partial charge is 0.647 e. The first-order chi connectivity index (χ1) is 14.1. The zero-order valence-electron chi connectivity index (χ0n) is 18.7. The summed E-state index contributed by atoms with van der Waals surface area (Å²) >= 11 is 0. The lowest BCUT2D eigenvalue weighted by atomic mass is 10.1. The minimum Gasteiger partial charge on any atom is -0.386 e. The van der Waals surface area contributed by atoms with Gasteiger partial charge in [0.2, 0.25) is 0 Å². The van der Waals surface area contributed by atoms with E-state index in [4.69, 9.17) is 13.6 Å². The minimum atomic E-state index is -4.04. The summed E-state index contributed by atoms with van der Waals surface area (Å²) in [7, 11) is -4.04. The lowest BCUT2D eigenvalue weighted by molar-refractivity contribution is 0.295. The second kappa shape index (κ2) is 8.57. The van der Waals surface area contributed by atoms with Gasteiger partial charge in [-0.15, -0.1) is 0 Å². The average molecular weight is 424 g/mol. The maximum Gasteiger partial charge on any atom is 0.647 e. The van der Waals surface area contributed by atoms with E-state index < -0.39 is 7.82 Å². The summed E-state index contributed by atoms with van der Waals surface area (Å²) in [5.41, 5.74) is 6.77. The van der Waals surface area contributed by atoms with Crippen LogP contribution in [-0.2, 0) is 4.57 Å². The van der Waals surface area contributed by atoms with Gasteiger partial charge in [0.15, 0.2) is 0 Å². The highest BCUT2D eigenvalue weighted by atomic mass is 31.2. The van der Waals surface area contributed by atoms with Crippen LogP contribution < -0.4 is 13.6 Å². The molecule has 0 N–H and O–H groups in total. The number of hydrogen-bond donors (Lipinski definition) is 0. The Balaban J connectivity index is 2.04. The molecule has 0 spiro atoms. The first-order valence-corrected chi connectivity index (χ1v) is 11.4. The standard InChI is InChI=1S/C25H29O4P/c1-16-8-10-23(19(4)12-16)27-30(26,28-24-11-9-17(2)13-20(24)5)29-25-21(6)14-18(3)15-22(25)7/h8-15H,1-7H3. The number of hydrogen-bond acceptors (Lipinski definition) is 4. The summed E-state index contributed by atoms with van der Waals surface area (Å²) < 4.78 is 31.8. The number of benzene rings is 3. The van der Waals surface area contributed by atoms with Gasteiger partial charge < -0.3 is 13.6 Å². The molecule has 0 unspecified atom stereocenters. The predicted octanol–water partition coefficient (Wildman–Crippen LogP) is 7.49. The molecule has 0 saturated carbocycles. The molecule has 0 amide bonds. The van der Waals surface area contributed by atoms with Crippen molar-refractivity contribution in [3.63, 3.8) is 0 Å². The third kappa shape index (κ3) is 5.06. The summed E-state index contributed by atoms with van der Waals surface area (Å²) in [6.07, 6.45) is 0. The Bertz CT molecular complexity index is 1050. The van der Waals surface area contributed by atoms with Crippen LogP contribution >= 0.6 is 7.82 Å². The molecule has 30 heavy (non-hydrogen) atoms. The maximum atomic E-state index is 13.9. The monoisotopic (exact) mass is 424 g/mol. The van der Waals surface area contributed by atoms with Crippen molar-refractivity contribution in [2.24, 2.45) is 0 Å². The lowest BCUT2D eigenvalue weighted by Crippen LogP contribution is -2.10. The van der Waals surface area contributed by atoms with Crippen LogP contribution in [0.1, 0.15) is 38.9 Å². The van der Waals surface area contributed by atoms with Gasteiger partial charge in [-0.2, -0.15) is 4.57 Å². The Morgan fingerprint density at radius 3 is 1.33 bits per heavy atom. The third-order valence-electron chi connectivity index (χ3n) is 4.89. The topological polar surface area (TPSA) is 44.8 Å². The van der Waals surface area contributed by atoms with Gasteiger partial charge >= 0.3 is 7.82 Å². The second-order valence-corrected chi connectivity index (χ2v) is 9.43. The molecule has 0 aliphatic rings. The van der Waals surface area contributed by atoms with E-state index in [-0.39, 0.29) is 0 Å². The molecular formula is C25H29O4P. The van der Waals surface area contributed by atoms with Crippen LogP contribution in [0, 0.1) is 48.5 Å². The Morgan fingerprint density at radius 2 is 0.933 bits per heavy atom. The molecule has 4 nitrogen and oxygen atoms in total. The van der Waals surface area contributed by atoms with Crippen LogP contribution in [0.15, 0.2) is 48.5 Å². The SMILES string of the molecule is Cc1ccc(OP(=O)(Oc2ccc(C)cc2C)Oc2c(C)cc(C)cc2C)c(C)c1. The van der Waals surface area contributed by atoms with Gasteiger partial charge in [0, 0.05) is 0 Å². The van der Waals surface area contributed by atoms with Crippen molar-refractivity contribution in [3.8, 4) is 17.2 Å². The molecule has 0 aliphatic carbocycles. The molecule has 0 aliphatic heterocycles. The molecular weight excluding hydrogens is 395 g/mol. The minimum absolute atomic E-state index is 0.469. The summed E-state index contributed by atoms with van der Waals surface area (Å²) in [4.78, 5) is 0. The van der Waals surface area contributed by atoms with Gasteiger partial charge in [-0.25, -0.2) is 0 Å². The summed E-state index contributed by atoms with van der Waals surface area (Å²) in [5, 5.41) is 0. The third-order valence-corrected chi connectivity index (χ3v) is 6.14. The lowest BCUT2D eigenvalue weighted by Gasteiger charge is -2.23. The summed E-state index contributed by atoms with van der Waals surface area (Å²) in [5.74, 6) is 1.45. The zero-order chi connectivity index (χ0) is 22.1. The van der Waals surface area contributed by atoms with Gasteiger partial charge in [-0.05, 0) is 82.9 Å². The molecule has 0 radical (unpaired) electrons. The highest BCUT2D eigenvalue weighted by Crippen LogP contribution is 2.52. The van der Waals surface area contributed by atoms with E-state index in [1.807, 2.05) is 84.9 Å². The molecule has 3 rings (SSSR count). The number of aryl methyl sites for hydroxylation is 7. The van der Waals surface area contributed by atoms with E-state index in [1.165, 1.54) is 0 Å². The molecule has 0 atom stereocenters. The van der Waals surface area contributed by atoms with Gasteiger partial charge in [-0.1, -0.05) is 53.1 Å². The van der Waals surface area contributed by atoms with Crippen LogP contribution in [0.2, 0.25) is 0 Å². The van der Waals surface area contributed by atoms with Crippen molar-refractivity contribution in [1.82, 2.24) is 0 Å². The Hall–Kier alpha value is -2.71. The quantitative estimate of drug-likeness (QED) is 0.385. The van der Waals surface area contributed by atoms with Crippen molar-refractivity contribution < 1.29 is 18.1 Å². The Morgan fingerprint density at radius 1 is 0.533 bits per heavy atom. The van der Waals surface area contributed by atoms with Gasteiger partial charge in [0.05, 0.1) is 0 Å². The normalized spacial score (nSPS) is 11.3. The Kier molecular flexibility index (Phi) is 6.28. The molecule has 3 aromatic rings. The van der Waals surface area contributed by atoms with Crippen LogP contribution in [0.4, 0.5) is 0 Å². The second-order valence-electron chi connectivity index (χ2n) is 7.99. The van der Waals surface area contributed by atoms with Crippen molar-refractivity contribution in [1.29, 1.82) is 0 Å². The highest BCUT2D eigenvalue weighted by Gasteiger charge is 2.35. The van der Waals surface area contributed by atoms with Crippen LogP contribution in [0.3, 0.4) is 0 Å². The Labute approximate surface area is 179 Å². The fourth-order valence-electron chi connectivity index (χ4n) is 3.52. The number of phosphoric ester groups is 1. The molecule has 0 heterocycles. The zero-order valence-corrected chi connectivity index (χ0v) is 19.6. The van der Waals surface area contributed by atoms with Crippen molar-refractivity contribution in [2.45, 2.75) is 48.5 Å². The predicted molar refractivity (Wildman–Crippen MR) is 122 cm³/mol.